The molecule has 0 bridgehead atoms. The van der Waals surface area contributed by atoms with Crippen LogP contribution in [0.5, 0.6) is 5.75 Å². The number of ether oxygens (including phenoxy) is 1. The van der Waals surface area contributed by atoms with Crippen LogP contribution >= 0.6 is 0 Å². The molecule has 1 aromatic carbocycles. The summed E-state index contributed by atoms with van der Waals surface area (Å²) in [6.45, 7) is 0.782. The molecule has 9 heteroatoms. The van der Waals surface area contributed by atoms with E-state index in [1.54, 1.807) is 30.6 Å². The summed E-state index contributed by atoms with van der Waals surface area (Å²) in [5, 5.41) is 2.78. The molecule has 0 spiro atoms. The second kappa shape index (κ2) is 9.60. The summed E-state index contributed by atoms with van der Waals surface area (Å²) in [6.07, 6.45) is -0.650. The third kappa shape index (κ3) is 5.95. The van der Waals surface area contributed by atoms with Gasteiger partial charge < -0.3 is 15.0 Å². The Bertz CT molecular complexity index is 875. The third-order valence-electron chi connectivity index (χ3n) is 4.80. The zero-order valence-corrected chi connectivity index (χ0v) is 16.2. The lowest BCUT2D eigenvalue weighted by Crippen LogP contribution is -2.46. The Morgan fingerprint density at radius 1 is 1.27 bits per heavy atom. The molecular formula is C21H22F3N3O3. The van der Waals surface area contributed by atoms with Gasteiger partial charge in [0, 0.05) is 25.7 Å². The molecule has 1 N–H and O–H groups in total. The van der Waals surface area contributed by atoms with Crippen molar-refractivity contribution in [1.82, 2.24) is 15.2 Å². The highest BCUT2D eigenvalue weighted by Gasteiger charge is 2.32. The van der Waals surface area contributed by atoms with Crippen LogP contribution < -0.4 is 10.1 Å². The van der Waals surface area contributed by atoms with Crippen molar-refractivity contribution in [1.29, 1.82) is 0 Å². The van der Waals surface area contributed by atoms with Gasteiger partial charge in [-0.25, -0.2) is 0 Å². The van der Waals surface area contributed by atoms with Crippen molar-refractivity contribution in [3.05, 3.63) is 59.9 Å². The first kappa shape index (κ1) is 21.6. The van der Waals surface area contributed by atoms with Gasteiger partial charge in [0.1, 0.15) is 12.4 Å². The van der Waals surface area contributed by atoms with E-state index in [4.69, 9.17) is 4.74 Å². The number of carbonyl (C=O) groups excluding carboxylic acids is 2. The molecule has 1 aliphatic rings. The number of halogens is 3. The van der Waals surface area contributed by atoms with Crippen LogP contribution in [0.3, 0.4) is 0 Å². The minimum absolute atomic E-state index is 0.0383. The highest BCUT2D eigenvalue weighted by molar-refractivity contribution is 5.83. The zero-order chi connectivity index (χ0) is 21.6. The van der Waals surface area contributed by atoms with Crippen LogP contribution in [0.2, 0.25) is 0 Å². The summed E-state index contributed by atoms with van der Waals surface area (Å²) >= 11 is 0. The smallest absolute Gasteiger partial charge is 0.416 e. The number of pyridine rings is 1. The van der Waals surface area contributed by atoms with Crippen LogP contribution in [0.25, 0.3) is 0 Å². The van der Waals surface area contributed by atoms with Crippen LogP contribution in [0, 0.1) is 5.92 Å². The number of hydrogen-bond acceptors (Lipinski definition) is 4. The minimum Gasteiger partial charge on any atom is -0.490 e. The van der Waals surface area contributed by atoms with Crippen LogP contribution in [0.4, 0.5) is 13.2 Å². The minimum atomic E-state index is -4.44. The summed E-state index contributed by atoms with van der Waals surface area (Å²) in [7, 11) is 0. The molecule has 1 saturated heterocycles. The molecule has 0 saturated carbocycles. The number of amides is 2. The molecule has 1 aromatic heterocycles. The quantitative estimate of drug-likeness (QED) is 0.698. The first-order chi connectivity index (χ1) is 14.3. The van der Waals surface area contributed by atoms with E-state index in [-0.39, 0.29) is 37.9 Å². The van der Waals surface area contributed by atoms with Gasteiger partial charge in [-0.3, -0.25) is 14.6 Å². The van der Waals surface area contributed by atoms with E-state index >= 15 is 0 Å². The molecule has 160 valence electrons. The topological polar surface area (TPSA) is 71.5 Å². The van der Waals surface area contributed by atoms with Crippen molar-refractivity contribution in [2.75, 3.05) is 19.7 Å². The number of hydrogen-bond donors (Lipinski definition) is 1. The summed E-state index contributed by atoms with van der Waals surface area (Å²) in [5.41, 5.74) is -0.378. The van der Waals surface area contributed by atoms with Gasteiger partial charge in [-0.1, -0.05) is 12.1 Å². The normalized spacial score (nSPS) is 17.0. The number of likely N-dealkylation sites (tertiary alicyclic amines) is 1. The highest BCUT2D eigenvalue weighted by Crippen LogP contribution is 2.30. The molecule has 0 unspecified atom stereocenters. The summed E-state index contributed by atoms with van der Waals surface area (Å²) in [5.74, 6) is -0.183. The summed E-state index contributed by atoms with van der Waals surface area (Å²) < 4.78 is 44.2. The van der Waals surface area contributed by atoms with Crippen molar-refractivity contribution in [2.24, 2.45) is 5.92 Å². The number of aromatic nitrogens is 1. The average Bonchev–Trinajstić information content (AvgIpc) is 2.73. The van der Waals surface area contributed by atoms with Gasteiger partial charge >= 0.3 is 6.18 Å². The van der Waals surface area contributed by atoms with E-state index in [9.17, 15) is 22.8 Å². The first-order valence-corrected chi connectivity index (χ1v) is 9.57. The summed E-state index contributed by atoms with van der Waals surface area (Å²) in [4.78, 5) is 30.0. The standard InChI is InChI=1S/C21H22F3N3O3/c22-21(23,24)17-4-1-3-15(11-17)13-27-14-16(6-7-19(27)28)20(29)26-9-10-30-18-5-2-8-25-12-18/h1-5,8,11-12,16H,6-7,9-10,13-14H2,(H,26,29)/t16-/m1/s1. The molecule has 1 aliphatic heterocycles. The predicted molar refractivity (Wildman–Crippen MR) is 102 cm³/mol. The monoisotopic (exact) mass is 421 g/mol. The Labute approximate surface area is 172 Å². The number of nitrogens with one attached hydrogen (secondary N) is 1. The molecule has 1 atom stereocenters. The second-order valence-corrected chi connectivity index (χ2v) is 7.04. The molecule has 3 rings (SSSR count). The van der Waals surface area contributed by atoms with Gasteiger partial charge in [-0.05, 0) is 36.2 Å². The van der Waals surface area contributed by atoms with E-state index in [1.807, 2.05) is 0 Å². The lowest BCUT2D eigenvalue weighted by atomic mass is 9.96. The predicted octanol–water partition coefficient (Wildman–Crippen LogP) is 3.03. The molecule has 0 aliphatic carbocycles. The molecule has 6 nitrogen and oxygen atoms in total. The Hall–Kier alpha value is -3.10. The number of carbonyl (C=O) groups is 2. The van der Waals surface area contributed by atoms with Crippen LogP contribution in [0.1, 0.15) is 24.0 Å². The van der Waals surface area contributed by atoms with E-state index in [0.717, 1.165) is 12.1 Å². The maximum Gasteiger partial charge on any atom is 0.416 e. The molecule has 0 radical (unpaired) electrons. The first-order valence-electron chi connectivity index (χ1n) is 9.57. The largest absolute Gasteiger partial charge is 0.490 e. The number of nitrogens with zero attached hydrogens (tertiary/aromatic N) is 2. The maximum absolute atomic E-state index is 12.9. The van der Waals surface area contributed by atoms with Crippen molar-refractivity contribution in [3.8, 4) is 5.75 Å². The Morgan fingerprint density at radius 3 is 2.83 bits per heavy atom. The molecule has 2 heterocycles. The van der Waals surface area contributed by atoms with E-state index in [0.29, 0.717) is 24.3 Å². The second-order valence-electron chi connectivity index (χ2n) is 7.04. The number of rotatable bonds is 7. The van der Waals surface area contributed by atoms with E-state index in [1.165, 1.54) is 11.0 Å². The molecule has 2 amide bonds. The zero-order valence-electron chi connectivity index (χ0n) is 16.2. The fourth-order valence-corrected chi connectivity index (χ4v) is 3.27. The third-order valence-corrected chi connectivity index (χ3v) is 4.80. The van der Waals surface area contributed by atoms with E-state index < -0.39 is 17.7 Å². The average molecular weight is 421 g/mol. The van der Waals surface area contributed by atoms with Crippen LogP contribution in [0.15, 0.2) is 48.8 Å². The molecule has 30 heavy (non-hydrogen) atoms. The number of piperidine rings is 1. The molecular weight excluding hydrogens is 399 g/mol. The lowest BCUT2D eigenvalue weighted by Gasteiger charge is -2.32. The molecule has 1 fully saturated rings. The van der Waals surface area contributed by atoms with Gasteiger partial charge in [-0.2, -0.15) is 13.2 Å². The van der Waals surface area contributed by atoms with Gasteiger partial charge in [0.05, 0.1) is 24.2 Å². The van der Waals surface area contributed by atoms with Gasteiger partial charge in [0.25, 0.3) is 0 Å². The lowest BCUT2D eigenvalue weighted by molar-refractivity contribution is -0.139. The SMILES string of the molecule is O=C(NCCOc1cccnc1)[C@@H]1CCC(=O)N(Cc2cccc(C(F)(F)F)c2)C1. The number of alkyl halides is 3. The fraction of sp³-hybridized carbons (Fsp3) is 0.381. The molecule has 2 aromatic rings. The van der Waals surface area contributed by atoms with Crippen molar-refractivity contribution < 1.29 is 27.5 Å². The summed E-state index contributed by atoms with van der Waals surface area (Å²) in [6, 6.07) is 8.39. The van der Waals surface area contributed by atoms with Crippen molar-refractivity contribution in [2.45, 2.75) is 25.6 Å². The van der Waals surface area contributed by atoms with Crippen LogP contribution in [-0.2, 0) is 22.3 Å². The van der Waals surface area contributed by atoms with Crippen molar-refractivity contribution >= 4 is 11.8 Å². The Kier molecular flexibility index (Phi) is 6.91. The van der Waals surface area contributed by atoms with Gasteiger partial charge in [0.2, 0.25) is 11.8 Å². The van der Waals surface area contributed by atoms with E-state index in [2.05, 4.69) is 10.3 Å². The van der Waals surface area contributed by atoms with Gasteiger partial charge in [-0.15, -0.1) is 0 Å². The Morgan fingerprint density at radius 2 is 2.10 bits per heavy atom. The number of benzene rings is 1. The van der Waals surface area contributed by atoms with Crippen LogP contribution in [-0.4, -0.2) is 41.4 Å². The maximum atomic E-state index is 12.9. The van der Waals surface area contributed by atoms with Crippen molar-refractivity contribution in [3.63, 3.8) is 0 Å². The highest BCUT2D eigenvalue weighted by atomic mass is 19.4. The van der Waals surface area contributed by atoms with Gasteiger partial charge in [0.15, 0.2) is 0 Å². The fourth-order valence-electron chi connectivity index (χ4n) is 3.27. The Balaban J connectivity index is 1.51.